The number of carbonyl (C=O) groups excluding carboxylic acids is 1. The Hall–Kier alpha value is -0.700. The fraction of sp³-hybridized carbons (Fsp3) is 0.500. The normalized spacial score (nSPS) is 28.5. The van der Waals surface area contributed by atoms with Crippen molar-refractivity contribution in [3.05, 3.63) is 16.1 Å². The molecule has 0 aromatic carbocycles. The maximum atomic E-state index is 10.3. The van der Waals surface area contributed by atoms with E-state index in [0.29, 0.717) is 5.92 Å². The number of rotatable bonds is 2. The van der Waals surface area contributed by atoms with Crippen molar-refractivity contribution in [2.24, 2.45) is 5.92 Å². The highest BCUT2D eigenvalue weighted by atomic mass is 32.1. The Balaban J connectivity index is 2.19. The average Bonchev–Trinajstić information content (AvgIpc) is 2.59. The molecule has 2 rings (SSSR count). The zero-order valence-electron chi connectivity index (χ0n) is 6.28. The Morgan fingerprint density at radius 2 is 2.55 bits per heavy atom. The molecule has 1 fully saturated rings. The van der Waals surface area contributed by atoms with E-state index in [2.05, 4.69) is 11.9 Å². The fourth-order valence-corrected chi connectivity index (χ4v) is 2.17. The van der Waals surface area contributed by atoms with Crippen LogP contribution in [0.25, 0.3) is 0 Å². The number of thiazole rings is 1. The third-order valence-corrected chi connectivity index (χ3v) is 3.14. The van der Waals surface area contributed by atoms with E-state index < -0.39 is 0 Å². The van der Waals surface area contributed by atoms with Crippen LogP contribution >= 0.6 is 11.3 Å². The second-order valence-corrected chi connectivity index (χ2v) is 4.13. The summed E-state index contributed by atoms with van der Waals surface area (Å²) in [4.78, 5) is 15.3. The number of nitrogens with zero attached hydrogens (tertiary/aromatic N) is 1. The summed E-state index contributed by atoms with van der Waals surface area (Å²) in [5.74, 6) is 1.43. The molecule has 2 nitrogen and oxygen atoms in total. The number of aldehydes is 1. The Labute approximate surface area is 69.3 Å². The van der Waals surface area contributed by atoms with E-state index >= 15 is 0 Å². The molecule has 0 aliphatic heterocycles. The van der Waals surface area contributed by atoms with Crippen LogP contribution in [0, 0.1) is 5.92 Å². The molecule has 0 N–H and O–H groups in total. The van der Waals surface area contributed by atoms with Gasteiger partial charge in [-0.3, -0.25) is 4.79 Å². The lowest BCUT2D eigenvalue weighted by molar-refractivity contribution is 0.112. The molecule has 1 saturated carbocycles. The minimum Gasteiger partial charge on any atom is -0.297 e. The van der Waals surface area contributed by atoms with Gasteiger partial charge < -0.3 is 0 Å². The van der Waals surface area contributed by atoms with Crippen molar-refractivity contribution in [1.29, 1.82) is 0 Å². The van der Waals surface area contributed by atoms with Crippen LogP contribution in [-0.4, -0.2) is 11.3 Å². The van der Waals surface area contributed by atoms with Crippen molar-refractivity contribution in [2.45, 2.75) is 19.3 Å². The van der Waals surface area contributed by atoms with Gasteiger partial charge in [-0.15, -0.1) is 11.3 Å². The molecule has 11 heavy (non-hydrogen) atoms. The van der Waals surface area contributed by atoms with Crippen LogP contribution in [0.1, 0.15) is 33.9 Å². The molecule has 2 atom stereocenters. The lowest BCUT2D eigenvalue weighted by Crippen LogP contribution is -1.75. The molecule has 1 heterocycles. The Bertz CT molecular complexity index is 281. The summed E-state index contributed by atoms with van der Waals surface area (Å²) < 4.78 is 0. The second-order valence-electron chi connectivity index (χ2n) is 3.04. The van der Waals surface area contributed by atoms with Crippen molar-refractivity contribution >= 4 is 17.6 Å². The topological polar surface area (TPSA) is 30.0 Å². The summed E-state index contributed by atoms with van der Waals surface area (Å²) in [5.41, 5.74) is 0. The van der Waals surface area contributed by atoms with Crippen LogP contribution in [0.15, 0.2) is 6.20 Å². The van der Waals surface area contributed by atoms with Gasteiger partial charge >= 0.3 is 0 Å². The minimum absolute atomic E-state index is 0.647. The molecule has 1 aromatic heterocycles. The zero-order valence-corrected chi connectivity index (χ0v) is 7.10. The molecule has 1 aromatic rings. The second kappa shape index (κ2) is 2.41. The molecular formula is C8H9NOS. The largest absolute Gasteiger partial charge is 0.297 e. The van der Waals surface area contributed by atoms with Gasteiger partial charge in [0.15, 0.2) is 6.29 Å². The first-order valence-electron chi connectivity index (χ1n) is 3.72. The van der Waals surface area contributed by atoms with Gasteiger partial charge in [-0.05, 0) is 12.3 Å². The molecule has 0 spiro atoms. The van der Waals surface area contributed by atoms with Crippen LogP contribution in [0.3, 0.4) is 0 Å². The highest BCUT2D eigenvalue weighted by Gasteiger charge is 2.36. The lowest BCUT2D eigenvalue weighted by atomic mass is 10.4. The molecule has 3 heteroatoms. The SMILES string of the molecule is C[C@@H]1C[C@@H]1c1ncc(C=O)s1. The van der Waals surface area contributed by atoms with Crippen molar-refractivity contribution in [3.8, 4) is 0 Å². The first-order valence-corrected chi connectivity index (χ1v) is 4.54. The van der Waals surface area contributed by atoms with E-state index in [1.807, 2.05) is 0 Å². The first-order chi connectivity index (χ1) is 5.31. The molecular weight excluding hydrogens is 158 g/mol. The third kappa shape index (κ3) is 1.20. The minimum atomic E-state index is 0.647. The highest BCUT2D eigenvalue weighted by molar-refractivity contribution is 7.13. The number of hydrogen-bond acceptors (Lipinski definition) is 3. The fourth-order valence-electron chi connectivity index (χ4n) is 1.19. The zero-order chi connectivity index (χ0) is 7.84. The standard InChI is InChI=1S/C8H9NOS/c1-5-2-7(5)8-9-3-6(4-10)11-8/h3-5,7H,2H2,1H3/t5-,7+/m1/s1. The predicted molar refractivity (Wildman–Crippen MR) is 44.0 cm³/mol. The quantitative estimate of drug-likeness (QED) is 0.631. The Kier molecular flexibility index (Phi) is 1.53. The van der Waals surface area contributed by atoms with Gasteiger partial charge in [-0.1, -0.05) is 6.92 Å². The maximum Gasteiger partial charge on any atom is 0.161 e. The van der Waals surface area contributed by atoms with Crippen LogP contribution < -0.4 is 0 Å². The smallest absolute Gasteiger partial charge is 0.161 e. The van der Waals surface area contributed by atoms with Gasteiger partial charge in [0.25, 0.3) is 0 Å². The van der Waals surface area contributed by atoms with E-state index in [1.165, 1.54) is 17.8 Å². The van der Waals surface area contributed by atoms with Gasteiger partial charge in [-0.2, -0.15) is 0 Å². The van der Waals surface area contributed by atoms with E-state index in [-0.39, 0.29) is 0 Å². The summed E-state index contributed by atoms with van der Waals surface area (Å²) >= 11 is 1.53. The van der Waals surface area contributed by atoms with E-state index in [4.69, 9.17) is 0 Å². The van der Waals surface area contributed by atoms with Crippen LogP contribution in [0.5, 0.6) is 0 Å². The van der Waals surface area contributed by atoms with Gasteiger partial charge in [0.05, 0.1) is 9.88 Å². The average molecular weight is 167 g/mol. The number of hydrogen-bond donors (Lipinski definition) is 0. The summed E-state index contributed by atoms with van der Waals surface area (Å²) in [6.45, 7) is 2.21. The van der Waals surface area contributed by atoms with Crippen molar-refractivity contribution in [1.82, 2.24) is 4.98 Å². The maximum absolute atomic E-state index is 10.3. The van der Waals surface area contributed by atoms with E-state index in [9.17, 15) is 4.79 Å². The molecule has 0 bridgehead atoms. The summed E-state index contributed by atoms with van der Waals surface area (Å²) in [6, 6.07) is 0. The Morgan fingerprint density at radius 1 is 1.82 bits per heavy atom. The van der Waals surface area contributed by atoms with E-state index in [1.54, 1.807) is 6.20 Å². The van der Waals surface area contributed by atoms with Crippen LogP contribution in [0.4, 0.5) is 0 Å². The summed E-state index contributed by atoms with van der Waals surface area (Å²) in [7, 11) is 0. The Morgan fingerprint density at radius 3 is 3.00 bits per heavy atom. The number of aromatic nitrogens is 1. The lowest BCUT2D eigenvalue weighted by Gasteiger charge is -1.85. The van der Waals surface area contributed by atoms with Gasteiger partial charge in [-0.25, -0.2) is 4.98 Å². The highest BCUT2D eigenvalue weighted by Crippen LogP contribution is 2.47. The molecule has 0 unspecified atom stereocenters. The third-order valence-electron chi connectivity index (χ3n) is 2.08. The molecule has 58 valence electrons. The monoisotopic (exact) mass is 167 g/mol. The molecule has 0 radical (unpaired) electrons. The summed E-state index contributed by atoms with van der Waals surface area (Å²) in [5, 5.41) is 1.14. The van der Waals surface area contributed by atoms with Crippen LogP contribution in [0.2, 0.25) is 0 Å². The molecule has 0 saturated heterocycles. The van der Waals surface area contributed by atoms with E-state index in [0.717, 1.165) is 22.1 Å². The predicted octanol–water partition coefficient (Wildman–Crippen LogP) is 2.08. The van der Waals surface area contributed by atoms with Gasteiger partial charge in [0, 0.05) is 12.1 Å². The first kappa shape index (κ1) is 6.98. The molecule has 0 amide bonds. The summed E-state index contributed by atoms with van der Waals surface area (Å²) in [6.07, 6.45) is 3.78. The van der Waals surface area contributed by atoms with Crippen molar-refractivity contribution in [3.63, 3.8) is 0 Å². The molecule has 1 aliphatic rings. The van der Waals surface area contributed by atoms with Gasteiger partial charge in [0.2, 0.25) is 0 Å². The molecule has 1 aliphatic carbocycles. The van der Waals surface area contributed by atoms with Crippen molar-refractivity contribution < 1.29 is 4.79 Å². The van der Waals surface area contributed by atoms with Crippen LogP contribution in [-0.2, 0) is 0 Å². The van der Waals surface area contributed by atoms with Gasteiger partial charge in [0.1, 0.15) is 0 Å². The number of carbonyl (C=O) groups is 1. The van der Waals surface area contributed by atoms with Crippen molar-refractivity contribution in [2.75, 3.05) is 0 Å².